The molecule has 0 aromatic heterocycles. The van der Waals surface area contributed by atoms with E-state index in [9.17, 15) is 4.21 Å². The lowest BCUT2D eigenvalue weighted by Gasteiger charge is -2.27. The van der Waals surface area contributed by atoms with E-state index in [4.69, 9.17) is 0 Å². The van der Waals surface area contributed by atoms with Gasteiger partial charge in [-0.1, -0.05) is 19.8 Å². The molecule has 0 saturated heterocycles. The summed E-state index contributed by atoms with van der Waals surface area (Å²) in [6, 6.07) is 0.517. The monoisotopic (exact) mass is 245 g/mol. The highest BCUT2D eigenvalue weighted by Crippen LogP contribution is 2.27. The number of hydrogen-bond donors (Lipinski definition) is 1. The standard InChI is InChI=1S/C13H27NOS/c1-11-4-6-13(7-5-11)10-14-12(2)8-9-16(3)15/h11-14H,4-10H2,1-3H3. The van der Waals surface area contributed by atoms with Gasteiger partial charge < -0.3 is 5.32 Å². The highest BCUT2D eigenvalue weighted by atomic mass is 32.2. The Morgan fingerprint density at radius 2 is 1.94 bits per heavy atom. The summed E-state index contributed by atoms with van der Waals surface area (Å²) < 4.78 is 11.0. The van der Waals surface area contributed by atoms with Crippen molar-refractivity contribution in [2.24, 2.45) is 11.8 Å². The molecular weight excluding hydrogens is 218 g/mol. The Hall–Kier alpha value is 0.110. The lowest BCUT2D eigenvalue weighted by Crippen LogP contribution is -2.33. The molecule has 3 heteroatoms. The minimum Gasteiger partial charge on any atom is -0.314 e. The summed E-state index contributed by atoms with van der Waals surface area (Å²) in [7, 11) is -0.639. The smallest absolute Gasteiger partial charge is 0.0246 e. The van der Waals surface area contributed by atoms with Crippen LogP contribution in [0.1, 0.15) is 46.0 Å². The van der Waals surface area contributed by atoms with Crippen molar-refractivity contribution in [2.75, 3.05) is 18.6 Å². The van der Waals surface area contributed by atoms with Gasteiger partial charge in [0.25, 0.3) is 0 Å². The molecule has 0 bridgehead atoms. The minimum atomic E-state index is -0.639. The third-order valence-electron chi connectivity index (χ3n) is 3.73. The van der Waals surface area contributed by atoms with Crippen molar-refractivity contribution in [1.29, 1.82) is 0 Å². The minimum absolute atomic E-state index is 0.517. The zero-order valence-electron chi connectivity index (χ0n) is 11.0. The van der Waals surface area contributed by atoms with Crippen LogP contribution in [0.15, 0.2) is 0 Å². The van der Waals surface area contributed by atoms with Gasteiger partial charge in [0.15, 0.2) is 0 Å². The molecule has 96 valence electrons. The maximum atomic E-state index is 11.0. The fourth-order valence-corrected chi connectivity index (χ4v) is 3.03. The Labute approximate surface area is 103 Å². The molecule has 0 amide bonds. The largest absolute Gasteiger partial charge is 0.314 e. The molecule has 0 heterocycles. The van der Waals surface area contributed by atoms with E-state index in [0.29, 0.717) is 6.04 Å². The van der Waals surface area contributed by atoms with Crippen LogP contribution < -0.4 is 5.32 Å². The topological polar surface area (TPSA) is 29.1 Å². The van der Waals surface area contributed by atoms with Crippen molar-refractivity contribution in [1.82, 2.24) is 5.32 Å². The Balaban J connectivity index is 2.07. The van der Waals surface area contributed by atoms with E-state index in [1.165, 1.54) is 25.7 Å². The number of hydrogen-bond acceptors (Lipinski definition) is 2. The van der Waals surface area contributed by atoms with Gasteiger partial charge in [-0.25, -0.2) is 0 Å². The van der Waals surface area contributed by atoms with E-state index in [1.54, 1.807) is 6.26 Å². The predicted octanol–water partition coefficient (Wildman–Crippen LogP) is 2.56. The van der Waals surface area contributed by atoms with Crippen molar-refractivity contribution in [3.63, 3.8) is 0 Å². The van der Waals surface area contributed by atoms with Crippen molar-refractivity contribution >= 4 is 10.8 Å². The van der Waals surface area contributed by atoms with Crippen LogP contribution in [-0.4, -0.2) is 28.8 Å². The van der Waals surface area contributed by atoms with E-state index in [-0.39, 0.29) is 0 Å². The summed E-state index contributed by atoms with van der Waals surface area (Å²) >= 11 is 0. The van der Waals surface area contributed by atoms with Crippen LogP contribution in [0.5, 0.6) is 0 Å². The van der Waals surface area contributed by atoms with E-state index in [0.717, 1.165) is 30.6 Å². The number of nitrogens with one attached hydrogen (secondary N) is 1. The molecule has 0 spiro atoms. The zero-order chi connectivity index (χ0) is 12.0. The average Bonchev–Trinajstić information content (AvgIpc) is 2.25. The van der Waals surface area contributed by atoms with Gasteiger partial charge >= 0.3 is 0 Å². The second-order valence-electron chi connectivity index (χ2n) is 5.50. The van der Waals surface area contributed by atoms with Gasteiger partial charge in [0.05, 0.1) is 0 Å². The molecule has 1 aliphatic carbocycles. The van der Waals surface area contributed by atoms with Crippen molar-refractivity contribution in [3.05, 3.63) is 0 Å². The van der Waals surface area contributed by atoms with Crippen LogP contribution in [0.3, 0.4) is 0 Å². The summed E-state index contributed by atoms with van der Waals surface area (Å²) in [5.74, 6) is 2.65. The highest BCUT2D eigenvalue weighted by molar-refractivity contribution is 7.84. The molecule has 2 atom stereocenters. The Bertz CT molecular complexity index is 212. The third kappa shape index (κ3) is 6.00. The van der Waals surface area contributed by atoms with Gasteiger partial charge in [0, 0.05) is 28.9 Å². The van der Waals surface area contributed by atoms with Gasteiger partial charge in [-0.2, -0.15) is 0 Å². The van der Waals surface area contributed by atoms with Crippen LogP contribution in [0, 0.1) is 11.8 Å². The van der Waals surface area contributed by atoms with Crippen LogP contribution in [-0.2, 0) is 10.8 Å². The summed E-state index contributed by atoms with van der Waals surface area (Å²) in [4.78, 5) is 0. The van der Waals surface area contributed by atoms with Gasteiger partial charge in [-0.15, -0.1) is 0 Å². The first-order valence-electron chi connectivity index (χ1n) is 6.61. The van der Waals surface area contributed by atoms with E-state index < -0.39 is 10.8 Å². The van der Waals surface area contributed by atoms with Crippen LogP contribution in [0.4, 0.5) is 0 Å². The van der Waals surface area contributed by atoms with Crippen LogP contribution >= 0.6 is 0 Å². The summed E-state index contributed by atoms with van der Waals surface area (Å²) in [6.45, 7) is 5.73. The Morgan fingerprint density at radius 3 is 2.50 bits per heavy atom. The summed E-state index contributed by atoms with van der Waals surface area (Å²) in [6.07, 6.45) is 8.40. The van der Waals surface area contributed by atoms with Gasteiger partial charge in [0.2, 0.25) is 0 Å². The van der Waals surface area contributed by atoms with E-state index in [2.05, 4.69) is 19.2 Å². The summed E-state index contributed by atoms with van der Waals surface area (Å²) in [5.41, 5.74) is 0. The molecule has 1 rings (SSSR count). The first-order chi connectivity index (χ1) is 7.58. The third-order valence-corrected chi connectivity index (χ3v) is 4.54. The molecule has 1 N–H and O–H groups in total. The second kappa shape index (κ2) is 7.44. The molecule has 2 unspecified atom stereocenters. The quantitative estimate of drug-likeness (QED) is 0.779. The number of rotatable bonds is 6. The molecule has 0 aromatic rings. The SMILES string of the molecule is CC1CCC(CNC(C)CCS(C)=O)CC1. The zero-order valence-corrected chi connectivity index (χ0v) is 11.8. The van der Waals surface area contributed by atoms with E-state index >= 15 is 0 Å². The first-order valence-corrected chi connectivity index (χ1v) is 8.34. The van der Waals surface area contributed by atoms with E-state index in [1.807, 2.05) is 0 Å². The first kappa shape index (κ1) is 14.2. The van der Waals surface area contributed by atoms with Gasteiger partial charge in [-0.05, 0) is 44.6 Å². The average molecular weight is 245 g/mol. The van der Waals surface area contributed by atoms with Crippen LogP contribution in [0.2, 0.25) is 0 Å². The van der Waals surface area contributed by atoms with Crippen LogP contribution in [0.25, 0.3) is 0 Å². The molecule has 16 heavy (non-hydrogen) atoms. The highest BCUT2D eigenvalue weighted by Gasteiger charge is 2.18. The lowest BCUT2D eigenvalue weighted by atomic mass is 9.83. The predicted molar refractivity (Wildman–Crippen MR) is 72.1 cm³/mol. The molecule has 1 aliphatic rings. The molecule has 0 radical (unpaired) electrons. The Kier molecular flexibility index (Phi) is 6.59. The van der Waals surface area contributed by atoms with Crippen molar-refractivity contribution in [2.45, 2.75) is 52.0 Å². The Morgan fingerprint density at radius 1 is 1.31 bits per heavy atom. The van der Waals surface area contributed by atoms with Crippen molar-refractivity contribution < 1.29 is 4.21 Å². The van der Waals surface area contributed by atoms with Gasteiger partial charge in [0.1, 0.15) is 0 Å². The fourth-order valence-electron chi connectivity index (χ4n) is 2.35. The molecule has 0 aromatic carbocycles. The molecular formula is C13H27NOS. The summed E-state index contributed by atoms with van der Waals surface area (Å²) in [5, 5.41) is 3.59. The molecule has 2 nitrogen and oxygen atoms in total. The normalized spacial score (nSPS) is 29.9. The fraction of sp³-hybridized carbons (Fsp3) is 1.00. The van der Waals surface area contributed by atoms with Crippen molar-refractivity contribution in [3.8, 4) is 0 Å². The molecule has 1 saturated carbocycles. The maximum absolute atomic E-state index is 11.0. The second-order valence-corrected chi connectivity index (χ2v) is 7.06. The molecule has 1 fully saturated rings. The lowest BCUT2D eigenvalue weighted by molar-refractivity contribution is 0.275. The van der Waals surface area contributed by atoms with Gasteiger partial charge in [-0.3, -0.25) is 4.21 Å². The molecule has 0 aliphatic heterocycles. The maximum Gasteiger partial charge on any atom is 0.0246 e.